The first-order valence-electron chi connectivity index (χ1n) is 11.3. The van der Waals surface area contributed by atoms with E-state index in [2.05, 4.69) is 0 Å². The Bertz CT molecular complexity index is 856. The number of hydrogen-bond acceptors (Lipinski definition) is 6. The zero-order chi connectivity index (χ0) is 24.5. The molecule has 2 aromatic rings. The van der Waals surface area contributed by atoms with Crippen molar-refractivity contribution in [2.75, 3.05) is 13.2 Å². The summed E-state index contributed by atoms with van der Waals surface area (Å²) in [5, 5.41) is 18.5. The van der Waals surface area contributed by atoms with Gasteiger partial charge in [0.2, 0.25) is 0 Å². The highest BCUT2D eigenvalue weighted by Crippen LogP contribution is 2.28. The Labute approximate surface area is 196 Å². The predicted molar refractivity (Wildman–Crippen MR) is 127 cm³/mol. The zero-order valence-electron chi connectivity index (χ0n) is 20.1. The normalized spacial score (nSPS) is 11.8. The number of hydrogen-bond donors (Lipinski definition) is 2. The van der Waals surface area contributed by atoms with E-state index in [0.29, 0.717) is 12.8 Å². The van der Waals surface area contributed by atoms with E-state index in [4.69, 9.17) is 9.47 Å². The van der Waals surface area contributed by atoms with Gasteiger partial charge in [0.05, 0.1) is 0 Å². The lowest BCUT2D eigenvalue weighted by Crippen LogP contribution is -2.19. The van der Waals surface area contributed by atoms with E-state index in [1.807, 2.05) is 76.2 Å². The fraction of sp³-hybridized carbons (Fsp3) is 0.481. The van der Waals surface area contributed by atoms with Gasteiger partial charge in [-0.05, 0) is 45.9 Å². The molecule has 2 rings (SSSR count). The van der Waals surface area contributed by atoms with Crippen LogP contribution in [-0.4, -0.2) is 35.4 Å². The van der Waals surface area contributed by atoms with E-state index in [1.165, 1.54) is 0 Å². The van der Waals surface area contributed by atoms with Crippen LogP contribution in [-0.2, 0) is 43.1 Å². The molecule has 33 heavy (non-hydrogen) atoms. The Balaban J connectivity index is 1.85. The Morgan fingerprint density at radius 3 is 1.48 bits per heavy atom. The van der Waals surface area contributed by atoms with E-state index in [0.717, 1.165) is 22.3 Å². The Morgan fingerprint density at radius 2 is 1.12 bits per heavy atom. The molecule has 0 aliphatic rings. The molecule has 0 bridgehead atoms. The summed E-state index contributed by atoms with van der Waals surface area (Å²) in [6.07, 6.45) is 0.805. The molecular formula is C27H36O6. The lowest BCUT2D eigenvalue weighted by Gasteiger charge is -2.24. The number of carbonyl (C=O) groups excluding carboxylic acids is 2. The van der Waals surface area contributed by atoms with E-state index < -0.39 is 18.4 Å². The second kappa shape index (κ2) is 12.0. The molecule has 0 atom stereocenters. The molecule has 0 amide bonds. The molecule has 6 nitrogen and oxygen atoms in total. The molecule has 0 aliphatic carbocycles. The van der Waals surface area contributed by atoms with Crippen molar-refractivity contribution in [1.82, 2.24) is 0 Å². The van der Waals surface area contributed by atoms with Crippen molar-refractivity contribution in [3.63, 3.8) is 0 Å². The van der Waals surface area contributed by atoms with E-state index in [1.54, 1.807) is 0 Å². The molecule has 0 radical (unpaired) electrons. The van der Waals surface area contributed by atoms with Crippen molar-refractivity contribution in [3.05, 3.63) is 70.8 Å². The molecule has 0 saturated heterocycles. The van der Waals surface area contributed by atoms with Crippen molar-refractivity contribution >= 4 is 11.9 Å². The Kier molecular flexibility index (Phi) is 9.62. The largest absolute Gasteiger partial charge is 0.460 e. The van der Waals surface area contributed by atoms with Crippen LogP contribution in [0.3, 0.4) is 0 Å². The lowest BCUT2D eigenvalue weighted by molar-refractivity contribution is -0.156. The summed E-state index contributed by atoms with van der Waals surface area (Å²) in [6, 6.07) is 15.4. The second-order valence-corrected chi connectivity index (χ2v) is 9.61. The molecular weight excluding hydrogens is 420 g/mol. The summed E-state index contributed by atoms with van der Waals surface area (Å²) in [7, 11) is 0. The van der Waals surface area contributed by atoms with Crippen LogP contribution in [0.2, 0.25) is 0 Å². The summed E-state index contributed by atoms with van der Waals surface area (Å²) < 4.78 is 10.5. The topological polar surface area (TPSA) is 93.1 Å². The molecule has 0 aromatic heterocycles. The molecule has 2 aromatic carbocycles. The standard InChI is InChI=1S/C27H36O6/c1-26(2,11-13-28)22-9-5-7-20(15-22)18-32-24(30)17-25(31)33-19-21-8-6-10-23(16-21)27(3,4)12-14-29/h5-10,15-16,28-29H,11-14,17-19H2,1-4H3. The van der Waals surface area contributed by atoms with Crippen molar-refractivity contribution in [3.8, 4) is 0 Å². The second-order valence-electron chi connectivity index (χ2n) is 9.61. The van der Waals surface area contributed by atoms with E-state index in [-0.39, 0.29) is 37.3 Å². The van der Waals surface area contributed by atoms with Gasteiger partial charge in [0, 0.05) is 13.2 Å². The molecule has 0 unspecified atom stereocenters. The number of esters is 2. The zero-order valence-corrected chi connectivity index (χ0v) is 20.1. The Hall–Kier alpha value is -2.70. The summed E-state index contributed by atoms with van der Waals surface area (Å²) >= 11 is 0. The molecule has 0 fully saturated rings. The van der Waals surface area contributed by atoms with Gasteiger partial charge in [-0.15, -0.1) is 0 Å². The third-order valence-corrected chi connectivity index (χ3v) is 5.98. The van der Waals surface area contributed by atoms with E-state index in [9.17, 15) is 19.8 Å². The van der Waals surface area contributed by atoms with Gasteiger partial charge in [0.15, 0.2) is 0 Å². The quantitative estimate of drug-likeness (QED) is 0.368. The number of rotatable bonds is 12. The van der Waals surface area contributed by atoms with Gasteiger partial charge in [0.1, 0.15) is 19.6 Å². The molecule has 0 spiro atoms. The van der Waals surface area contributed by atoms with Crippen molar-refractivity contribution in [2.45, 2.75) is 71.0 Å². The highest BCUT2D eigenvalue weighted by Gasteiger charge is 2.21. The fourth-order valence-electron chi connectivity index (χ4n) is 3.56. The number of aliphatic hydroxyl groups is 2. The predicted octanol–water partition coefficient (Wildman–Crippen LogP) is 4.18. The smallest absolute Gasteiger partial charge is 0.317 e. The maximum absolute atomic E-state index is 12.1. The van der Waals surface area contributed by atoms with Crippen molar-refractivity contribution < 1.29 is 29.3 Å². The van der Waals surface area contributed by atoms with Gasteiger partial charge in [-0.1, -0.05) is 76.2 Å². The average Bonchev–Trinajstić information content (AvgIpc) is 2.77. The van der Waals surface area contributed by atoms with Crippen LogP contribution in [0.5, 0.6) is 0 Å². The van der Waals surface area contributed by atoms with Crippen LogP contribution in [0.4, 0.5) is 0 Å². The van der Waals surface area contributed by atoms with Gasteiger partial charge >= 0.3 is 11.9 Å². The number of carbonyl (C=O) groups is 2. The van der Waals surface area contributed by atoms with Gasteiger partial charge < -0.3 is 19.7 Å². The van der Waals surface area contributed by atoms with Crippen LogP contribution in [0, 0.1) is 0 Å². The fourth-order valence-corrected chi connectivity index (χ4v) is 3.56. The van der Waals surface area contributed by atoms with E-state index >= 15 is 0 Å². The summed E-state index contributed by atoms with van der Waals surface area (Å²) in [4.78, 5) is 24.2. The lowest BCUT2D eigenvalue weighted by atomic mass is 9.81. The van der Waals surface area contributed by atoms with Gasteiger partial charge in [-0.2, -0.15) is 0 Å². The van der Waals surface area contributed by atoms with Crippen LogP contribution in [0.25, 0.3) is 0 Å². The molecule has 0 aliphatic heterocycles. The summed E-state index contributed by atoms with van der Waals surface area (Å²) in [5.74, 6) is -1.28. The van der Waals surface area contributed by atoms with Crippen molar-refractivity contribution in [1.29, 1.82) is 0 Å². The minimum absolute atomic E-state index is 0.0666. The SMILES string of the molecule is CC(C)(CCO)c1cccc(COC(=O)CC(=O)OCc2cccc(C(C)(C)CCO)c2)c1. The minimum Gasteiger partial charge on any atom is -0.460 e. The summed E-state index contributed by atoms with van der Waals surface area (Å²) in [6.45, 7) is 8.52. The first-order chi connectivity index (χ1) is 15.6. The van der Waals surface area contributed by atoms with Crippen LogP contribution in [0.1, 0.15) is 69.2 Å². The molecule has 6 heteroatoms. The third kappa shape index (κ3) is 8.30. The van der Waals surface area contributed by atoms with Crippen LogP contribution >= 0.6 is 0 Å². The van der Waals surface area contributed by atoms with Crippen molar-refractivity contribution in [2.24, 2.45) is 0 Å². The Morgan fingerprint density at radius 1 is 0.727 bits per heavy atom. The van der Waals surface area contributed by atoms with Gasteiger partial charge in [-0.25, -0.2) is 0 Å². The summed E-state index contributed by atoms with van der Waals surface area (Å²) in [5.41, 5.74) is 3.36. The highest BCUT2D eigenvalue weighted by molar-refractivity contribution is 5.91. The maximum atomic E-state index is 12.1. The first-order valence-corrected chi connectivity index (χ1v) is 11.3. The number of aliphatic hydroxyl groups excluding tert-OH is 2. The average molecular weight is 457 g/mol. The van der Waals surface area contributed by atoms with Crippen LogP contribution in [0.15, 0.2) is 48.5 Å². The van der Waals surface area contributed by atoms with Gasteiger partial charge in [0.25, 0.3) is 0 Å². The number of ether oxygens (including phenoxy) is 2. The first kappa shape index (κ1) is 26.6. The highest BCUT2D eigenvalue weighted by atomic mass is 16.6. The molecule has 180 valence electrons. The minimum atomic E-state index is -0.641. The monoisotopic (exact) mass is 456 g/mol. The van der Waals surface area contributed by atoms with Gasteiger partial charge in [-0.3, -0.25) is 9.59 Å². The molecule has 2 N–H and O–H groups in total. The molecule has 0 heterocycles. The van der Waals surface area contributed by atoms with Crippen LogP contribution < -0.4 is 0 Å². The molecule has 0 saturated carbocycles. The number of benzene rings is 2. The maximum Gasteiger partial charge on any atom is 0.317 e. The third-order valence-electron chi connectivity index (χ3n) is 5.98.